The number of aromatic nitrogens is 3. The average molecular weight is 686 g/mol. The van der Waals surface area contributed by atoms with Crippen LogP contribution in [0.3, 0.4) is 0 Å². The number of nitrogens with zero attached hydrogens (tertiary/aromatic N) is 3. The summed E-state index contributed by atoms with van der Waals surface area (Å²) in [5.74, 6) is 0.937. The summed E-state index contributed by atoms with van der Waals surface area (Å²) in [6.45, 7) is 4.17. The van der Waals surface area contributed by atoms with E-state index in [1.807, 2.05) is 36.4 Å². The van der Waals surface area contributed by atoms with Crippen LogP contribution in [0, 0.1) is 5.82 Å². The Morgan fingerprint density at radius 2 is 1.98 bits per heavy atom. The van der Waals surface area contributed by atoms with Crippen LogP contribution in [0.1, 0.15) is 44.4 Å². The zero-order valence-electron chi connectivity index (χ0n) is 24.5. The molecule has 44 heavy (non-hydrogen) atoms. The molecule has 4 aromatic rings. The van der Waals surface area contributed by atoms with Crippen LogP contribution in [-0.4, -0.2) is 47.6 Å². The number of hydrogen-bond acceptors (Lipinski definition) is 9. The van der Waals surface area contributed by atoms with Gasteiger partial charge in [0.05, 0.1) is 45.8 Å². The zero-order valence-corrected chi connectivity index (χ0v) is 26.9. The summed E-state index contributed by atoms with van der Waals surface area (Å²) in [7, 11) is -3.13. The zero-order chi connectivity index (χ0) is 31.2. The topological polar surface area (TPSA) is 113 Å². The fourth-order valence-electron chi connectivity index (χ4n) is 4.82. The van der Waals surface area contributed by atoms with E-state index in [0.717, 1.165) is 26.8 Å². The Kier molecular flexibility index (Phi) is 10.1. The van der Waals surface area contributed by atoms with E-state index in [9.17, 15) is 12.8 Å². The summed E-state index contributed by atoms with van der Waals surface area (Å²) >= 11 is 3.57. The van der Waals surface area contributed by atoms with Gasteiger partial charge in [0.25, 0.3) is 0 Å². The maximum absolute atomic E-state index is 13.5. The number of ether oxygens (including phenoxy) is 3. The second-order valence-corrected chi connectivity index (χ2v) is 14.3. The number of nitrogens with one attached hydrogen (secondary N) is 1. The van der Waals surface area contributed by atoms with Gasteiger partial charge in [-0.15, -0.1) is 0 Å². The van der Waals surface area contributed by atoms with E-state index < -0.39 is 20.7 Å². The summed E-state index contributed by atoms with van der Waals surface area (Å²) < 4.78 is 55.9. The number of pyridine rings is 1. The first-order valence-corrected chi connectivity index (χ1v) is 16.8. The minimum atomic E-state index is -3.13. The lowest BCUT2D eigenvalue weighted by molar-refractivity contribution is 0.0173. The molecule has 9 nitrogen and oxygen atoms in total. The van der Waals surface area contributed by atoms with E-state index in [4.69, 9.17) is 19.2 Å². The van der Waals surface area contributed by atoms with Gasteiger partial charge < -0.3 is 19.5 Å². The van der Waals surface area contributed by atoms with Gasteiger partial charge in [-0.1, -0.05) is 12.1 Å². The number of sulfone groups is 1. The van der Waals surface area contributed by atoms with Crippen LogP contribution in [-0.2, 0) is 31.5 Å². The minimum Gasteiger partial charge on any atom is -0.489 e. The van der Waals surface area contributed by atoms with Crippen LogP contribution in [0.5, 0.6) is 5.75 Å². The van der Waals surface area contributed by atoms with E-state index in [2.05, 4.69) is 31.2 Å². The lowest BCUT2D eigenvalue weighted by Crippen LogP contribution is -2.27. The van der Waals surface area contributed by atoms with Crippen molar-refractivity contribution in [1.82, 2.24) is 15.0 Å². The molecule has 0 saturated carbocycles. The Bertz CT molecular complexity index is 1740. The van der Waals surface area contributed by atoms with Gasteiger partial charge in [-0.2, -0.15) is 0 Å². The van der Waals surface area contributed by atoms with Crippen molar-refractivity contribution >= 4 is 48.2 Å². The van der Waals surface area contributed by atoms with Crippen molar-refractivity contribution in [2.45, 2.75) is 50.6 Å². The quantitative estimate of drug-likeness (QED) is 0.140. The molecule has 1 N–H and O–H groups in total. The largest absolute Gasteiger partial charge is 0.489 e. The van der Waals surface area contributed by atoms with Gasteiger partial charge in [0.2, 0.25) is 0 Å². The number of rotatable bonds is 14. The molecule has 1 atom stereocenters. The third-order valence-electron chi connectivity index (χ3n) is 7.40. The second kappa shape index (κ2) is 14.0. The maximum Gasteiger partial charge on any atom is 0.154 e. The molecule has 232 valence electrons. The van der Waals surface area contributed by atoms with Crippen molar-refractivity contribution in [2.24, 2.45) is 0 Å². The minimum absolute atomic E-state index is 0.0110. The number of anilines is 2. The summed E-state index contributed by atoms with van der Waals surface area (Å²) in [5, 5.41) is 3.74. The smallest absolute Gasteiger partial charge is 0.154 e. The van der Waals surface area contributed by atoms with Crippen LogP contribution >= 0.6 is 15.9 Å². The van der Waals surface area contributed by atoms with Crippen molar-refractivity contribution < 1.29 is 27.0 Å². The van der Waals surface area contributed by atoms with Crippen molar-refractivity contribution in [3.63, 3.8) is 0 Å². The molecule has 0 saturated heterocycles. The monoisotopic (exact) mass is 684 g/mol. The molecule has 3 heterocycles. The Balaban J connectivity index is 1.27. The highest BCUT2D eigenvalue weighted by Gasteiger charge is 2.37. The molecule has 0 aliphatic carbocycles. The third kappa shape index (κ3) is 7.72. The van der Waals surface area contributed by atoms with Crippen molar-refractivity contribution in [3.8, 4) is 5.75 Å². The molecule has 1 aliphatic rings. The summed E-state index contributed by atoms with van der Waals surface area (Å²) in [4.78, 5) is 13.6. The van der Waals surface area contributed by atoms with Gasteiger partial charge in [-0.05, 0) is 90.7 Å². The molecule has 0 bridgehead atoms. The molecular formula is C32H34BrFN4O5S. The van der Waals surface area contributed by atoms with E-state index in [-0.39, 0.29) is 24.8 Å². The van der Waals surface area contributed by atoms with Gasteiger partial charge in [0, 0.05) is 24.1 Å². The fourth-order valence-corrected chi connectivity index (χ4v) is 6.13. The van der Waals surface area contributed by atoms with Crippen molar-refractivity contribution in [1.29, 1.82) is 0 Å². The second-order valence-electron chi connectivity index (χ2n) is 10.8. The van der Waals surface area contributed by atoms with E-state index in [1.54, 1.807) is 32.4 Å². The van der Waals surface area contributed by atoms with Gasteiger partial charge in [0.1, 0.15) is 30.3 Å². The first-order chi connectivity index (χ1) is 21.1. The van der Waals surface area contributed by atoms with E-state index >= 15 is 0 Å². The van der Waals surface area contributed by atoms with Crippen LogP contribution in [0.4, 0.5) is 15.9 Å². The normalized spacial score (nSPS) is 16.4. The van der Waals surface area contributed by atoms with Crippen molar-refractivity contribution in [3.05, 3.63) is 94.9 Å². The van der Waals surface area contributed by atoms with Gasteiger partial charge in [-0.3, -0.25) is 4.98 Å². The predicted octanol–water partition coefficient (Wildman–Crippen LogP) is 7.00. The molecule has 1 aliphatic heterocycles. The number of benzene rings is 2. The summed E-state index contributed by atoms with van der Waals surface area (Å²) in [5.41, 5.74) is 2.27. The highest BCUT2D eigenvalue weighted by atomic mass is 79.9. The molecule has 0 fully saturated rings. The molecule has 2 aromatic heterocycles. The van der Waals surface area contributed by atoms with Gasteiger partial charge >= 0.3 is 0 Å². The Morgan fingerprint density at radius 1 is 1.11 bits per heavy atom. The molecule has 2 aromatic carbocycles. The molecule has 12 heteroatoms. The van der Waals surface area contributed by atoms with Crippen LogP contribution in [0.15, 0.2) is 77.9 Å². The standard InChI is InChI=1S/C32H34BrFN4O5S/c1-22(2)44(39,40)15-14-41-12-4-10-32(11-5-13-43-32)30-18-26-28(19-35-30)36-21-37-31(26)38-25-8-9-29(27(33)17-25)42-20-23-6-3-7-24(34)16-23/h3,5-9,13,16-19,21-22H,4,10-12,14-15,20H2,1-2H3,(H,36,37,38). The average Bonchev–Trinajstić information content (AvgIpc) is 3.48. The van der Waals surface area contributed by atoms with Crippen LogP contribution in [0.25, 0.3) is 10.9 Å². The molecule has 1 unspecified atom stereocenters. The first kappa shape index (κ1) is 31.8. The lowest BCUT2D eigenvalue weighted by Gasteiger charge is -2.28. The molecular weight excluding hydrogens is 651 g/mol. The fraction of sp³-hybridized carbons (Fsp3) is 0.344. The predicted molar refractivity (Wildman–Crippen MR) is 171 cm³/mol. The molecule has 5 rings (SSSR count). The van der Waals surface area contributed by atoms with Crippen LogP contribution < -0.4 is 10.1 Å². The SMILES string of the molecule is CC(C)S(=O)(=O)CCOCCCC1(c2cc3c(Nc4ccc(OCc5cccc(F)c5)c(Br)c4)ncnc3cn2)CC=CO1. The summed E-state index contributed by atoms with van der Waals surface area (Å²) in [6.07, 6.45) is 8.81. The highest BCUT2D eigenvalue weighted by Crippen LogP contribution is 2.39. The summed E-state index contributed by atoms with van der Waals surface area (Å²) in [6, 6.07) is 13.8. The third-order valence-corrected chi connectivity index (χ3v) is 10.2. The van der Waals surface area contributed by atoms with Gasteiger partial charge in [-0.25, -0.2) is 22.8 Å². The molecule has 0 spiro atoms. The molecule has 0 amide bonds. The number of halogens is 2. The Morgan fingerprint density at radius 3 is 2.73 bits per heavy atom. The maximum atomic E-state index is 13.5. The van der Waals surface area contributed by atoms with Crippen molar-refractivity contribution in [2.75, 3.05) is 24.3 Å². The number of fused-ring (bicyclic) bond motifs is 1. The Hall–Kier alpha value is -3.61. The number of hydrogen-bond donors (Lipinski definition) is 1. The Labute approximate surface area is 264 Å². The first-order valence-electron chi connectivity index (χ1n) is 14.3. The van der Waals surface area contributed by atoms with E-state index in [1.165, 1.54) is 18.5 Å². The highest BCUT2D eigenvalue weighted by molar-refractivity contribution is 9.10. The van der Waals surface area contributed by atoms with E-state index in [0.29, 0.717) is 43.0 Å². The van der Waals surface area contributed by atoms with Crippen LogP contribution in [0.2, 0.25) is 0 Å². The molecule has 0 radical (unpaired) electrons. The lowest BCUT2D eigenvalue weighted by atomic mass is 9.90. The van der Waals surface area contributed by atoms with Gasteiger partial charge in [0.15, 0.2) is 15.4 Å².